The number of hydrogen-bond donors (Lipinski definition) is 1. The Kier molecular flexibility index (Phi) is 4.91. The van der Waals surface area contributed by atoms with E-state index in [1.807, 2.05) is 12.1 Å². The zero-order valence-electron chi connectivity index (χ0n) is 10.6. The van der Waals surface area contributed by atoms with Crippen LogP contribution in [-0.2, 0) is 13.0 Å². The molecule has 0 bridgehead atoms. The van der Waals surface area contributed by atoms with Gasteiger partial charge in [-0.1, -0.05) is 37.0 Å². The van der Waals surface area contributed by atoms with E-state index in [2.05, 4.69) is 19.2 Å². The van der Waals surface area contributed by atoms with Crippen molar-refractivity contribution in [2.24, 2.45) is 0 Å². The van der Waals surface area contributed by atoms with E-state index in [-0.39, 0.29) is 0 Å². The molecule has 4 heteroatoms. The fraction of sp³-hybridized carbons (Fsp3) is 0.429. The maximum absolute atomic E-state index is 6.32. The summed E-state index contributed by atoms with van der Waals surface area (Å²) < 4.78 is 1.12. The molecular weight excluding hydrogens is 285 g/mol. The third kappa shape index (κ3) is 2.67. The Balaban J connectivity index is 2.47. The summed E-state index contributed by atoms with van der Waals surface area (Å²) in [6, 6.07) is 3.77. The van der Waals surface area contributed by atoms with Gasteiger partial charge in [0, 0.05) is 21.8 Å². The van der Waals surface area contributed by atoms with E-state index in [0.29, 0.717) is 0 Å². The molecule has 0 saturated heterocycles. The fourth-order valence-electron chi connectivity index (χ4n) is 2.13. The zero-order chi connectivity index (χ0) is 13.1. The topological polar surface area (TPSA) is 12.0 Å². The van der Waals surface area contributed by atoms with E-state index < -0.39 is 0 Å². The van der Waals surface area contributed by atoms with Crippen molar-refractivity contribution in [3.8, 4) is 0 Å². The monoisotopic (exact) mass is 301 g/mol. The third-order valence-electron chi connectivity index (χ3n) is 2.99. The maximum atomic E-state index is 6.32. The van der Waals surface area contributed by atoms with Crippen molar-refractivity contribution in [1.82, 2.24) is 5.32 Å². The Morgan fingerprint density at radius 3 is 2.56 bits per heavy atom. The van der Waals surface area contributed by atoms with Crippen LogP contribution in [0.25, 0.3) is 10.1 Å². The average Bonchev–Trinajstić information content (AvgIpc) is 2.74. The molecule has 0 atom stereocenters. The van der Waals surface area contributed by atoms with E-state index in [1.165, 1.54) is 10.4 Å². The van der Waals surface area contributed by atoms with E-state index in [0.717, 1.165) is 46.1 Å². The van der Waals surface area contributed by atoms with Crippen LogP contribution in [-0.4, -0.2) is 6.54 Å². The quantitative estimate of drug-likeness (QED) is 0.742. The first kappa shape index (κ1) is 14.1. The van der Waals surface area contributed by atoms with E-state index in [1.54, 1.807) is 11.3 Å². The first-order chi connectivity index (χ1) is 8.69. The van der Waals surface area contributed by atoms with Gasteiger partial charge in [0.25, 0.3) is 0 Å². The Morgan fingerprint density at radius 2 is 1.89 bits per heavy atom. The Morgan fingerprint density at radius 1 is 1.17 bits per heavy atom. The first-order valence-electron chi connectivity index (χ1n) is 6.28. The second-order valence-electron chi connectivity index (χ2n) is 4.27. The molecule has 0 aliphatic heterocycles. The third-order valence-corrected chi connectivity index (χ3v) is 5.00. The summed E-state index contributed by atoms with van der Waals surface area (Å²) in [5, 5.41) is 6.20. The van der Waals surface area contributed by atoms with Crippen LogP contribution in [0.15, 0.2) is 12.1 Å². The van der Waals surface area contributed by atoms with Gasteiger partial charge < -0.3 is 5.32 Å². The van der Waals surface area contributed by atoms with Crippen molar-refractivity contribution in [2.75, 3.05) is 6.54 Å². The number of benzene rings is 1. The number of fused-ring (bicyclic) bond motifs is 1. The molecule has 0 amide bonds. The molecule has 2 rings (SSSR count). The van der Waals surface area contributed by atoms with Crippen molar-refractivity contribution < 1.29 is 0 Å². The molecule has 1 aromatic carbocycles. The highest BCUT2D eigenvalue weighted by molar-refractivity contribution is 7.20. The minimum atomic E-state index is 0.802. The molecule has 0 aliphatic rings. The number of halogens is 2. The van der Waals surface area contributed by atoms with E-state index in [9.17, 15) is 0 Å². The van der Waals surface area contributed by atoms with Gasteiger partial charge in [-0.15, -0.1) is 11.3 Å². The fourth-order valence-corrected chi connectivity index (χ4v) is 4.03. The summed E-state index contributed by atoms with van der Waals surface area (Å²) >= 11 is 14.3. The number of thiophene rings is 1. The van der Waals surface area contributed by atoms with Crippen molar-refractivity contribution >= 4 is 44.6 Å². The molecule has 1 heterocycles. The molecular formula is C14H17Cl2NS. The van der Waals surface area contributed by atoms with Gasteiger partial charge in [0.15, 0.2) is 0 Å². The maximum Gasteiger partial charge on any atom is 0.0585 e. The first-order valence-corrected chi connectivity index (χ1v) is 7.85. The second-order valence-corrected chi connectivity index (χ2v) is 6.19. The average molecular weight is 302 g/mol. The summed E-state index contributed by atoms with van der Waals surface area (Å²) in [6.45, 7) is 6.29. The lowest BCUT2D eigenvalue weighted by atomic mass is 10.1. The minimum Gasteiger partial charge on any atom is -0.312 e. The Hall–Kier alpha value is -0.280. The van der Waals surface area contributed by atoms with Crippen LogP contribution in [0.2, 0.25) is 10.0 Å². The number of aryl methyl sites for hydroxylation is 1. The standard InChI is InChI=1S/C14H17Cl2NS/c1-3-7-17-8-12-9(4-2)13-10(15)5-6-11(16)14(13)18-12/h5-6,17H,3-4,7-8H2,1-2H3. The SMILES string of the molecule is CCCNCc1sc2c(Cl)ccc(Cl)c2c1CC. The summed E-state index contributed by atoms with van der Waals surface area (Å²) in [5.41, 5.74) is 1.34. The summed E-state index contributed by atoms with van der Waals surface area (Å²) in [4.78, 5) is 1.36. The lowest BCUT2D eigenvalue weighted by molar-refractivity contribution is 0.679. The highest BCUT2D eigenvalue weighted by Gasteiger charge is 2.15. The summed E-state index contributed by atoms with van der Waals surface area (Å²) in [6.07, 6.45) is 2.14. The van der Waals surface area contributed by atoms with Gasteiger partial charge in [-0.25, -0.2) is 0 Å². The predicted octanol–water partition coefficient (Wildman–Crippen LogP) is 5.27. The molecule has 0 fully saturated rings. The number of nitrogens with one attached hydrogen (secondary N) is 1. The number of rotatable bonds is 5. The molecule has 2 aromatic rings. The molecule has 0 radical (unpaired) electrons. The normalized spacial score (nSPS) is 11.3. The van der Waals surface area contributed by atoms with Crippen molar-refractivity contribution in [3.05, 3.63) is 32.6 Å². The van der Waals surface area contributed by atoms with Gasteiger partial charge in [-0.3, -0.25) is 0 Å². The molecule has 1 N–H and O–H groups in total. The van der Waals surface area contributed by atoms with Crippen LogP contribution < -0.4 is 5.32 Å². The Bertz CT molecular complexity index is 548. The van der Waals surface area contributed by atoms with Crippen LogP contribution >= 0.6 is 34.5 Å². The molecule has 0 spiro atoms. The van der Waals surface area contributed by atoms with Crippen molar-refractivity contribution in [1.29, 1.82) is 0 Å². The zero-order valence-corrected chi connectivity index (χ0v) is 13.0. The molecule has 0 unspecified atom stereocenters. The van der Waals surface area contributed by atoms with Crippen LogP contribution in [0.5, 0.6) is 0 Å². The summed E-state index contributed by atoms with van der Waals surface area (Å²) in [5.74, 6) is 0. The summed E-state index contributed by atoms with van der Waals surface area (Å²) in [7, 11) is 0. The predicted molar refractivity (Wildman–Crippen MR) is 83.2 cm³/mol. The van der Waals surface area contributed by atoms with Crippen LogP contribution in [0.4, 0.5) is 0 Å². The van der Waals surface area contributed by atoms with Gasteiger partial charge in [0.1, 0.15) is 0 Å². The van der Waals surface area contributed by atoms with Crippen molar-refractivity contribution in [2.45, 2.75) is 33.2 Å². The van der Waals surface area contributed by atoms with Gasteiger partial charge >= 0.3 is 0 Å². The van der Waals surface area contributed by atoms with E-state index in [4.69, 9.17) is 23.2 Å². The van der Waals surface area contributed by atoms with Crippen LogP contribution in [0.3, 0.4) is 0 Å². The van der Waals surface area contributed by atoms with Gasteiger partial charge in [-0.05, 0) is 37.1 Å². The largest absolute Gasteiger partial charge is 0.312 e. The highest BCUT2D eigenvalue weighted by atomic mass is 35.5. The van der Waals surface area contributed by atoms with Gasteiger partial charge in [0.2, 0.25) is 0 Å². The van der Waals surface area contributed by atoms with Crippen LogP contribution in [0.1, 0.15) is 30.7 Å². The second kappa shape index (κ2) is 6.25. The van der Waals surface area contributed by atoms with Gasteiger partial charge in [-0.2, -0.15) is 0 Å². The van der Waals surface area contributed by atoms with Crippen LogP contribution in [0, 0.1) is 0 Å². The molecule has 1 nitrogen and oxygen atoms in total. The van der Waals surface area contributed by atoms with Gasteiger partial charge in [0.05, 0.1) is 9.72 Å². The molecule has 0 saturated carbocycles. The Labute approximate surface area is 122 Å². The lowest BCUT2D eigenvalue weighted by Gasteiger charge is -2.04. The highest BCUT2D eigenvalue weighted by Crippen LogP contribution is 2.40. The van der Waals surface area contributed by atoms with E-state index >= 15 is 0 Å². The molecule has 0 aliphatic carbocycles. The van der Waals surface area contributed by atoms with Crippen molar-refractivity contribution in [3.63, 3.8) is 0 Å². The molecule has 18 heavy (non-hydrogen) atoms. The smallest absolute Gasteiger partial charge is 0.0585 e. The molecule has 98 valence electrons. The minimum absolute atomic E-state index is 0.802. The lowest BCUT2D eigenvalue weighted by Crippen LogP contribution is -2.13. The molecule has 1 aromatic heterocycles. The number of hydrogen-bond acceptors (Lipinski definition) is 2.